The van der Waals surface area contributed by atoms with Crippen LogP contribution in [-0.2, 0) is 4.74 Å². The number of hydrogen-bond donors (Lipinski definition) is 2. The highest BCUT2D eigenvalue weighted by atomic mass is 127. The van der Waals surface area contributed by atoms with E-state index in [0.717, 1.165) is 23.0 Å². The molecule has 0 aliphatic rings. The molecule has 0 aromatic heterocycles. The van der Waals surface area contributed by atoms with Gasteiger partial charge in [-0.1, -0.05) is 6.07 Å². The van der Waals surface area contributed by atoms with Crippen molar-refractivity contribution in [2.75, 3.05) is 62.2 Å². The van der Waals surface area contributed by atoms with E-state index < -0.39 is 0 Å². The van der Waals surface area contributed by atoms with Gasteiger partial charge in [0.25, 0.3) is 0 Å². The van der Waals surface area contributed by atoms with E-state index in [1.54, 1.807) is 28.4 Å². The van der Waals surface area contributed by atoms with Crippen LogP contribution in [-0.4, -0.2) is 73.0 Å². The van der Waals surface area contributed by atoms with Gasteiger partial charge in [-0.3, -0.25) is 4.99 Å². The number of likely N-dealkylation sites (N-methyl/N-ethyl adjacent to an activating group) is 1. The second-order valence-corrected chi connectivity index (χ2v) is 5.47. The minimum absolute atomic E-state index is 0. The Morgan fingerprint density at radius 2 is 1.80 bits per heavy atom. The van der Waals surface area contributed by atoms with Gasteiger partial charge in [0.1, 0.15) is 0 Å². The van der Waals surface area contributed by atoms with Gasteiger partial charge in [-0.15, -0.1) is 24.0 Å². The Bertz CT molecular complexity index is 527. The van der Waals surface area contributed by atoms with Gasteiger partial charge >= 0.3 is 0 Å². The first kappa shape index (κ1) is 23.7. The van der Waals surface area contributed by atoms with Crippen LogP contribution in [0, 0.1) is 0 Å². The number of methoxy groups -OCH3 is 3. The minimum atomic E-state index is 0. The summed E-state index contributed by atoms with van der Waals surface area (Å²) in [5, 5.41) is 6.55. The summed E-state index contributed by atoms with van der Waals surface area (Å²) in [5.41, 5.74) is 1.14. The average molecular weight is 466 g/mol. The highest BCUT2D eigenvalue weighted by molar-refractivity contribution is 14.0. The zero-order valence-corrected chi connectivity index (χ0v) is 18.3. The van der Waals surface area contributed by atoms with Gasteiger partial charge in [-0.05, 0) is 31.8 Å². The topological polar surface area (TPSA) is 67.4 Å². The van der Waals surface area contributed by atoms with E-state index in [4.69, 9.17) is 14.2 Å². The maximum Gasteiger partial charge on any atom is 0.191 e. The number of guanidine groups is 1. The first-order valence-electron chi connectivity index (χ1n) is 7.89. The van der Waals surface area contributed by atoms with E-state index >= 15 is 0 Å². The summed E-state index contributed by atoms with van der Waals surface area (Å²) in [7, 11) is 10.8. The number of benzene rings is 1. The summed E-state index contributed by atoms with van der Waals surface area (Å²) in [6.07, 6.45) is 0. The molecule has 0 spiro atoms. The summed E-state index contributed by atoms with van der Waals surface area (Å²) in [6, 6.07) is 6.14. The van der Waals surface area contributed by atoms with Crippen LogP contribution in [0.1, 0.15) is 11.6 Å². The lowest BCUT2D eigenvalue weighted by molar-refractivity contribution is 0.203. The van der Waals surface area contributed by atoms with Gasteiger partial charge in [0.05, 0.1) is 26.9 Å². The molecular weight excluding hydrogens is 435 g/mol. The first-order chi connectivity index (χ1) is 11.6. The van der Waals surface area contributed by atoms with Crippen LogP contribution < -0.4 is 20.1 Å². The molecule has 1 unspecified atom stereocenters. The number of hydrogen-bond acceptors (Lipinski definition) is 5. The lowest BCUT2D eigenvalue weighted by atomic mass is 10.1. The third kappa shape index (κ3) is 7.66. The second-order valence-electron chi connectivity index (χ2n) is 5.47. The monoisotopic (exact) mass is 466 g/mol. The van der Waals surface area contributed by atoms with Crippen molar-refractivity contribution >= 4 is 29.9 Å². The molecule has 0 fully saturated rings. The van der Waals surface area contributed by atoms with E-state index in [-0.39, 0.29) is 30.0 Å². The van der Waals surface area contributed by atoms with Crippen molar-refractivity contribution in [3.63, 3.8) is 0 Å². The van der Waals surface area contributed by atoms with E-state index in [1.807, 2.05) is 26.2 Å². The maximum absolute atomic E-state index is 5.41. The van der Waals surface area contributed by atoms with Crippen molar-refractivity contribution in [3.05, 3.63) is 23.8 Å². The molecule has 1 aromatic rings. The predicted molar refractivity (Wildman–Crippen MR) is 113 cm³/mol. The molecular formula is C17H31IN4O3. The quantitative estimate of drug-likeness (QED) is 0.250. The van der Waals surface area contributed by atoms with Crippen molar-refractivity contribution in [1.29, 1.82) is 0 Å². The van der Waals surface area contributed by atoms with Crippen LogP contribution >= 0.6 is 24.0 Å². The molecule has 1 atom stereocenters. The van der Waals surface area contributed by atoms with Gasteiger partial charge < -0.3 is 29.7 Å². The van der Waals surface area contributed by atoms with Gasteiger partial charge in [0.15, 0.2) is 17.5 Å². The minimum Gasteiger partial charge on any atom is -0.493 e. The zero-order valence-electron chi connectivity index (χ0n) is 16.0. The van der Waals surface area contributed by atoms with E-state index in [9.17, 15) is 0 Å². The fraction of sp³-hybridized carbons (Fsp3) is 0.588. The number of halogens is 1. The summed E-state index contributed by atoms with van der Waals surface area (Å²) in [6.45, 7) is 2.04. The van der Waals surface area contributed by atoms with Crippen LogP contribution in [0.15, 0.2) is 23.2 Å². The zero-order chi connectivity index (χ0) is 17.9. The molecule has 0 amide bonds. The van der Waals surface area contributed by atoms with Gasteiger partial charge in [0, 0.05) is 27.2 Å². The third-order valence-electron chi connectivity index (χ3n) is 3.70. The van der Waals surface area contributed by atoms with Crippen molar-refractivity contribution < 1.29 is 14.2 Å². The standard InChI is InChI=1S/C17H30N4O3.HI/c1-18-17(19-9-10-22-4)20-12-14(21(2)3)13-7-8-15(23-5)16(11-13)24-6;/h7-8,11,14H,9-10,12H2,1-6H3,(H2,18,19,20);1H. The molecule has 144 valence electrons. The smallest absolute Gasteiger partial charge is 0.191 e. The van der Waals surface area contributed by atoms with E-state index in [2.05, 4.69) is 26.6 Å². The Morgan fingerprint density at radius 3 is 2.32 bits per heavy atom. The summed E-state index contributed by atoms with van der Waals surface area (Å²) >= 11 is 0. The van der Waals surface area contributed by atoms with Crippen LogP contribution in [0.2, 0.25) is 0 Å². The Hall–Kier alpha value is -1.26. The number of ether oxygens (including phenoxy) is 3. The fourth-order valence-electron chi connectivity index (χ4n) is 2.34. The second kappa shape index (κ2) is 13.0. The SMILES string of the molecule is CN=C(NCCOC)NCC(c1ccc(OC)c(OC)c1)N(C)C.I. The lowest BCUT2D eigenvalue weighted by Gasteiger charge is -2.26. The first-order valence-corrected chi connectivity index (χ1v) is 7.89. The van der Waals surface area contributed by atoms with E-state index in [0.29, 0.717) is 19.7 Å². The molecule has 8 heteroatoms. The molecule has 0 heterocycles. The summed E-state index contributed by atoms with van der Waals surface area (Å²) in [4.78, 5) is 6.37. The molecule has 0 saturated heterocycles. The molecule has 1 aromatic carbocycles. The number of nitrogens with zero attached hydrogens (tertiary/aromatic N) is 2. The molecule has 0 aliphatic heterocycles. The van der Waals surface area contributed by atoms with Crippen molar-refractivity contribution in [1.82, 2.24) is 15.5 Å². The van der Waals surface area contributed by atoms with Gasteiger partial charge in [0.2, 0.25) is 0 Å². The van der Waals surface area contributed by atoms with Crippen LogP contribution in [0.3, 0.4) is 0 Å². The number of aliphatic imine (C=N–C) groups is 1. The van der Waals surface area contributed by atoms with Crippen molar-refractivity contribution in [2.45, 2.75) is 6.04 Å². The lowest BCUT2D eigenvalue weighted by Crippen LogP contribution is -2.42. The Labute approximate surface area is 168 Å². The normalized spacial score (nSPS) is 12.4. The fourth-order valence-corrected chi connectivity index (χ4v) is 2.34. The van der Waals surface area contributed by atoms with E-state index in [1.165, 1.54) is 0 Å². The Balaban J connectivity index is 0.00000576. The molecule has 7 nitrogen and oxygen atoms in total. The van der Waals surface area contributed by atoms with Crippen molar-refractivity contribution in [2.24, 2.45) is 4.99 Å². The Kier molecular flexibility index (Phi) is 12.4. The highest BCUT2D eigenvalue weighted by Crippen LogP contribution is 2.31. The largest absolute Gasteiger partial charge is 0.493 e. The summed E-state index contributed by atoms with van der Waals surface area (Å²) in [5.74, 6) is 2.20. The predicted octanol–water partition coefficient (Wildman–Crippen LogP) is 1.74. The van der Waals surface area contributed by atoms with Gasteiger partial charge in [-0.2, -0.15) is 0 Å². The van der Waals surface area contributed by atoms with Crippen LogP contribution in [0.4, 0.5) is 0 Å². The van der Waals surface area contributed by atoms with Gasteiger partial charge in [-0.25, -0.2) is 0 Å². The van der Waals surface area contributed by atoms with Crippen LogP contribution in [0.25, 0.3) is 0 Å². The van der Waals surface area contributed by atoms with Crippen molar-refractivity contribution in [3.8, 4) is 11.5 Å². The Morgan fingerprint density at radius 1 is 1.12 bits per heavy atom. The number of nitrogens with one attached hydrogen (secondary N) is 2. The van der Waals surface area contributed by atoms with Crippen LogP contribution in [0.5, 0.6) is 11.5 Å². The molecule has 0 bridgehead atoms. The molecule has 2 N–H and O–H groups in total. The summed E-state index contributed by atoms with van der Waals surface area (Å²) < 4.78 is 15.7. The number of rotatable bonds is 9. The molecule has 0 saturated carbocycles. The molecule has 0 radical (unpaired) electrons. The molecule has 0 aliphatic carbocycles. The maximum atomic E-state index is 5.41. The third-order valence-corrected chi connectivity index (χ3v) is 3.70. The highest BCUT2D eigenvalue weighted by Gasteiger charge is 2.17. The molecule has 1 rings (SSSR count). The molecule has 25 heavy (non-hydrogen) atoms. The average Bonchev–Trinajstić information content (AvgIpc) is 2.59.